The maximum Gasteiger partial charge on any atom is 0.309 e. The molecule has 2 rings (SSSR count). The molecule has 1 unspecified atom stereocenters. The fourth-order valence-electron chi connectivity index (χ4n) is 4.28. The molecule has 2 fully saturated rings. The topological polar surface area (TPSA) is 94.8 Å². The zero-order valence-corrected chi connectivity index (χ0v) is 14.8. The number of unbranched alkanes of at least 4 members (excludes halogenated alkanes) is 3. The van der Waals surface area contributed by atoms with Gasteiger partial charge in [-0.25, -0.2) is 0 Å². The molecule has 5 heteroatoms. The Bertz CT molecular complexity index is 421. The molecule has 0 aromatic rings. The first-order chi connectivity index (χ1) is 11.4. The van der Waals surface area contributed by atoms with Crippen LogP contribution in [-0.4, -0.2) is 33.4 Å². The van der Waals surface area contributed by atoms with Crippen molar-refractivity contribution in [1.82, 2.24) is 0 Å². The second kappa shape index (κ2) is 7.85. The monoisotopic (exact) mass is 340 g/mol. The highest BCUT2D eigenvalue weighted by Gasteiger charge is 2.68. The highest BCUT2D eigenvalue weighted by molar-refractivity contribution is 5.83. The van der Waals surface area contributed by atoms with Gasteiger partial charge >= 0.3 is 11.9 Å². The maximum absolute atomic E-state index is 11.7. The van der Waals surface area contributed by atoms with E-state index in [1.807, 2.05) is 0 Å². The van der Waals surface area contributed by atoms with Crippen molar-refractivity contribution in [3.63, 3.8) is 0 Å². The SMILES string of the molecule is CCCCCC(O)CCCCC(C1(C(=O)O)CC1)C1(C(=O)O)CC1. The lowest BCUT2D eigenvalue weighted by molar-refractivity contribution is -0.153. The van der Waals surface area contributed by atoms with Crippen molar-refractivity contribution in [2.45, 2.75) is 90.1 Å². The molecule has 0 radical (unpaired) electrons. The Hall–Kier alpha value is -1.10. The van der Waals surface area contributed by atoms with Gasteiger partial charge in [-0.15, -0.1) is 0 Å². The molecule has 24 heavy (non-hydrogen) atoms. The summed E-state index contributed by atoms with van der Waals surface area (Å²) in [5.74, 6) is -1.89. The number of aliphatic hydroxyl groups excluding tert-OH is 1. The zero-order valence-electron chi connectivity index (χ0n) is 14.8. The first-order valence-corrected chi connectivity index (χ1v) is 9.54. The summed E-state index contributed by atoms with van der Waals surface area (Å²) < 4.78 is 0. The molecule has 1 atom stereocenters. The van der Waals surface area contributed by atoms with E-state index < -0.39 is 22.8 Å². The summed E-state index contributed by atoms with van der Waals surface area (Å²) in [4.78, 5) is 23.4. The third-order valence-electron chi connectivity index (χ3n) is 6.18. The van der Waals surface area contributed by atoms with E-state index in [0.717, 1.165) is 44.9 Å². The second-order valence-corrected chi connectivity index (χ2v) is 7.91. The Morgan fingerprint density at radius 3 is 1.62 bits per heavy atom. The van der Waals surface area contributed by atoms with E-state index in [1.165, 1.54) is 0 Å². The van der Waals surface area contributed by atoms with Gasteiger partial charge < -0.3 is 15.3 Å². The van der Waals surface area contributed by atoms with Crippen LogP contribution in [0, 0.1) is 16.7 Å². The van der Waals surface area contributed by atoms with Crippen LogP contribution >= 0.6 is 0 Å². The fourth-order valence-corrected chi connectivity index (χ4v) is 4.28. The Morgan fingerprint density at radius 2 is 1.25 bits per heavy atom. The minimum absolute atomic E-state index is 0.253. The molecule has 0 spiro atoms. The summed E-state index contributed by atoms with van der Waals surface area (Å²) >= 11 is 0. The van der Waals surface area contributed by atoms with Gasteiger partial charge in [0.15, 0.2) is 0 Å². The molecule has 0 bridgehead atoms. The predicted octanol–water partition coefficient (Wildman–Crippen LogP) is 3.83. The standard InChI is InChI=1S/C19H32O5/c1-2-3-4-7-14(20)8-5-6-9-15(18(10-11-18)16(21)22)19(12-13-19)17(23)24/h14-15,20H,2-13H2,1H3,(H,21,22)(H,23,24). The molecule has 0 aromatic carbocycles. The number of hydrogen-bond acceptors (Lipinski definition) is 3. The van der Waals surface area contributed by atoms with Gasteiger partial charge in [-0.05, 0) is 50.9 Å². The highest BCUT2D eigenvalue weighted by atomic mass is 16.4. The molecule has 3 N–H and O–H groups in total. The third-order valence-corrected chi connectivity index (χ3v) is 6.18. The minimum Gasteiger partial charge on any atom is -0.481 e. The number of aliphatic carboxylic acids is 2. The maximum atomic E-state index is 11.7. The van der Waals surface area contributed by atoms with Crippen LogP contribution in [0.4, 0.5) is 0 Å². The van der Waals surface area contributed by atoms with Gasteiger partial charge in [0.1, 0.15) is 0 Å². The average Bonchev–Trinajstić information content (AvgIpc) is 3.41. The van der Waals surface area contributed by atoms with Crippen molar-refractivity contribution in [3.8, 4) is 0 Å². The summed E-state index contributed by atoms with van der Waals surface area (Å²) in [5, 5.41) is 29.1. The van der Waals surface area contributed by atoms with Gasteiger partial charge in [0.25, 0.3) is 0 Å². The largest absolute Gasteiger partial charge is 0.481 e. The van der Waals surface area contributed by atoms with E-state index in [0.29, 0.717) is 32.1 Å². The number of carboxylic acid groups (broad SMARTS) is 2. The second-order valence-electron chi connectivity index (χ2n) is 7.91. The molecule has 2 saturated carbocycles. The number of rotatable bonds is 13. The predicted molar refractivity (Wildman–Crippen MR) is 90.7 cm³/mol. The Kier molecular flexibility index (Phi) is 6.29. The highest BCUT2D eigenvalue weighted by Crippen LogP contribution is 2.67. The molecule has 0 aromatic heterocycles. The number of hydrogen-bond donors (Lipinski definition) is 3. The van der Waals surface area contributed by atoms with Crippen molar-refractivity contribution in [3.05, 3.63) is 0 Å². The summed E-state index contributed by atoms with van der Waals surface area (Å²) in [6.45, 7) is 2.14. The molecule has 0 aliphatic heterocycles. The Morgan fingerprint density at radius 1 is 0.833 bits per heavy atom. The van der Waals surface area contributed by atoms with Crippen LogP contribution in [-0.2, 0) is 9.59 Å². The third kappa shape index (κ3) is 4.11. The van der Waals surface area contributed by atoms with Gasteiger partial charge in [0.2, 0.25) is 0 Å². The lowest BCUT2D eigenvalue weighted by Crippen LogP contribution is -2.36. The molecule has 2 aliphatic rings. The molecule has 0 heterocycles. The number of carbonyl (C=O) groups is 2. The van der Waals surface area contributed by atoms with Gasteiger partial charge in [-0.2, -0.15) is 0 Å². The number of carboxylic acids is 2. The molecule has 138 valence electrons. The first kappa shape index (κ1) is 19.2. The molecule has 5 nitrogen and oxygen atoms in total. The van der Waals surface area contributed by atoms with Crippen LogP contribution in [0.15, 0.2) is 0 Å². The van der Waals surface area contributed by atoms with Crippen LogP contribution < -0.4 is 0 Å². The number of aliphatic hydroxyl groups is 1. The van der Waals surface area contributed by atoms with E-state index in [9.17, 15) is 24.9 Å². The molecule has 0 amide bonds. The van der Waals surface area contributed by atoms with E-state index in [2.05, 4.69) is 6.92 Å². The van der Waals surface area contributed by atoms with Crippen molar-refractivity contribution < 1.29 is 24.9 Å². The fraction of sp³-hybridized carbons (Fsp3) is 0.895. The van der Waals surface area contributed by atoms with Crippen LogP contribution in [0.5, 0.6) is 0 Å². The molecule has 2 aliphatic carbocycles. The lowest BCUT2D eigenvalue weighted by atomic mass is 9.73. The van der Waals surface area contributed by atoms with Crippen LogP contribution in [0.1, 0.15) is 84.0 Å². The van der Waals surface area contributed by atoms with Gasteiger partial charge in [0, 0.05) is 0 Å². The Labute approximate surface area is 144 Å². The Balaban J connectivity index is 1.83. The van der Waals surface area contributed by atoms with E-state index in [4.69, 9.17) is 0 Å². The van der Waals surface area contributed by atoms with Crippen molar-refractivity contribution in [2.24, 2.45) is 16.7 Å². The van der Waals surface area contributed by atoms with Gasteiger partial charge in [-0.3, -0.25) is 9.59 Å². The van der Waals surface area contributed by atoms with Crippen molar-refractivity contribution >= 4 is 11.9 Å². The molecular weight excluding hydrogens is 308 g/mol. The van der Waals surface area contributed by atoms with Crippen LogP contribution in [0.3, 0.4) is 0 Å². The van der Waals surface area contributed by atoms with E-state index >= 15 is 0 Å². The normalized spacial score (nSPS) is 21.5. The minimum atomic E-state index is -0.820. The van der Waals surface area contributed by atoms with Crippen molar-refractivity contribution in [1.29, 1.82) is 0 Å². The quantitative estimate of drug-likeness (QED) is 0.443. The van der Waals surface area contributed by atoms with Crippen LogP contribution in [0.25, 0.3) is 0 Å². The van der Waals surface area contributed by atoms with Gasteiger partial charge in [-0.1, -0.05) is 39.0 Å². The van der Waals surface area contributed by atoms with Crippen LogP contribution in [0.2, 0.25) is 0 Å². The lowest BCUT2D eigenvalue weighted by Gasteiger charge is -2.29. The van der Waals surface area contributed by atoms with E-state index in [-0.39, 0.29) is 12.0 Å². The van der Waals surface area contributed by atoms with E-state index in [1.54, 1.807) is 0 Å². The summed E-state index contributed by atoms with van der Waals surface area (Å²) in [5.41, 5.74) is -1.59. The molecule has 0 saturated heterocycles. The van der Waals surface area contributed by atoms with Crippen molar-refractivity contribution in [2.75, 3.05) is 0 Å². The average molecular weight is 340 g/mol. The smallest absolute Gasteiger partial charge is 0.309 e. The first-order valence-electron chi connectivity index (χ1n) is 9.54. The summed E-state index contributed by atoms with van der Waals surface area (Å²) in [6.07, 6.45) is 9.36. The summed E-state index contributed by atoms with van der Waals surface area (Å²) in [6, 6.07) is 0. The molecular formula is C19H32O5. The van der Waals surface area contributed by atoms with Gasteiger partial charge in [0.05, 0.1) is 16.9 Å². The summed E-state index contributed by atoms with van der Waals surface area (Å²) in [7, 11) is 0. The zero-order chi connectivity index (χ0) is 17.8.